The van der Waals surface area contributed by atoms with Gasteiger partial charge in [-0.15, -0.1) is 0 Å². The third-order valence-corrected chi connectivity index (χ3v) is 10.8. The summed E-state index contributed by atoms with van der Waals surface area (Å²) < 4.78 is 11.5. The molecule has 0 amide bonds. The number of esters is 1. The largest absolute Gasteiger partial charge is 0.469 e. The predicted molar refractivity (Wildman–Crippen MR) is 135 cm³/mol. The van der Waals surface area contributed by atoms with Crippen LogP contribution < -0.4 is 5.32 Å². The monoisotopic (exact) mass is 477 g/mol. The van der Waals surface area contributed by atoms with Gasteiger partial charge in [0.25, 0.3) is 0 Å². The maximum absolute atomic E-state index is 12.8. The summed E-state index contributed by atoms with van der Waals surface area (Å²) in [5, 5.41) is 15.0. The Hall–Kier alpha value is -0.650. The van der Waals surface area contributed by atoms with Crippen molar-refractivity contribution in [2.24, 2.45) is 46.3 Å². The molecule has 0 aromatic carbocycles. The van der Waals surface area contributed by atoms with Crippen LogP contribution in [0.5, 0.6) is 0 Å². The second kappa shape index (κ2) is 10.4. The fourth-order valence-electron chi connectivity index (χ4n) is 9.16. The lowest BCUT2D eigenvalue weighted by Crippen LogP contribution is -2.64. The van der Waals surface area contributed by atoms with Gasteiger partial charge in [-0.25, -0.2) is 0 Å². The summed E-state index contributed by atoms with van der Waals surface area (Å²) in [5.41, 5.74) is 0.181. The zero-order chi connectivity index (χ0) is 24.7. The third kappa shape index (κ3) is 4.59. The van der Waals surface area contributed by atoms with E-state index in [4.69, 9.17) is 9.47 Å². The van der Waals surface area contributed by atoms with Crippen LogP contribution in [-0.4, -0.2) is 49.6 Å². The maximum Gasteiger partial charge on any atom is 0.309 e. The fraction of sp³-hybridized carbons (Fsp3) is 0.966. The first-order valence-electron chi connectivity index (χ1n) is 14.3. The number of rotatable bonds is 8. The van der Waals surface area contributed by atoms with Gasteiger partial charge in [0, 0.05) is 12.6 Å². The number of fused-ring (bicyclic) bond motifs is 5. The van der Waals surface area contributed by atoms with Gasteiger partial charge >= 0.3 is 5.97 Å². The lowest BCUT2D eigenvalue weighted by atomic mass is 9.43. The molecule has 0 saturated heterocycles. The smallest absolute Gasteiger partial charge is 0.309 e. The van der Waals surface area contributed by atoms with E-state index in [1.54, 1.807) is 7.11 Å². The van der Waals surface area contributed by atoms with Gasteiger partial charge in [0.2, 0.25) is 0 Å². The first kappa shape index (κ1) is 26.4. The van der Waals surface area contributed by atoms with Crippen LogP contribution in [0.3, 0.4) is 0 Å². The normalized spacial score (nSPS) is 46.0. The number of hydrogen-bond acceptors (Lipinski definition) is 5. The molecule has 4 rings (SSSR count). The summed E-state index contributed by atoms with van der Waals surface area (Å²) in [6.45, 7) is 13.4. The number of aliphatic hydroxyl groups excluding tert-OH is 1. The molecule has 4 fully saturated rings. The van der Waals surface area contributed by atoms with Crippen LogP contribution in [0.4, 0.5) is 0 Å². The molecule has 0 aromatic rings. The van der Waals surface area contributed by atoms with Crippen molar-refractivity contribution in [3.63, 3.8) is 0 Å². The van der Waals surface area contributed by atoms with Gasteiger partial charge in [0.15, 0.2) is 0 Å². The van der Waals surface area contributed by atoms with Crippen molar-refractivity contribution in [2.75, 3.05) is 20.3 Å². The van der Waals surface area contributed by atoms with E-state index in [0.717, 1.165) is 51.7 Å². The Balaban J connectivity index is 1.65. The second-order valence-electron chi connectivity index (χ2n) is 13.1. The summed E-state index contributed by atoms with van der Waals surface area (Å²) in [4.78, 5) is 12.8. The Morgan fingerprint density at radius 3 is 2.56 bits per heavy atom. The van der Waals surface area contributed by atoms with Gasteiger partial charge in [0.1, 0.15) is 0 Å². The summed E-state index contributed by atoms with van der Waals surface area (Å²) in [6.07, 6.45) is 9.23. The van der Waals surface area contributed by atoms with Crippen molar-refractivity contribution < 1.29 is 19.4 Å². The van der Waals surface area contributed by atoms with Crippen LogP contribution in [0.15, 0.2) is 0 Å². The molecule has 5 unspecified atom stereocenters. The molecular weight excluding hydrogens is 426 g/mol. The molecule has 0 aromatic heterocycles. The molecule has 0 spiro atoms. The third-order valence-electron chi connectivity index (χ3n) is 10.8. The first-order valence-corrected chi connectivity index (χ1v) is 14.3. The Labute approximate surface area is 208 Å². The molecule has 0 heterocycles. The molecular formula is C29H51NO4. The van der Waals surface area contributed by atoms with Crippen LogP contribution >= 0.6 is 0 Å². The average molecular weight is 478 g/mol. The maximum atomic E-state index is 12.8. The van der Waals surface area contributed by atoms with E-state index in [9.17, 15) is 9.90 Å². The zero-order valence-corrected chi connectivity index (χ0v) is 22.6. The summed E-state index contributed by atoms with van der Waals surface area (Å²) in [6, 6.07) is 0.408. The molecule has 4 aliphatic rings. The Bertz CT molecular complexity index is 712. The van der Waals surface area contributed by atoms with Gasteiger partial charge in [-0.2, -0.15) is 0 Å². The molecule has 34 heavy (non-hydrogen) atoms. The summed E-state index contributed by atoms with van der Waals surface area (Å²) >= 11 is 0. The molecule has 196 valence electrons. The molecule has 0 aliphatic heterocycles. The molecule has 5 heteroatoms. The van der Waals surface area contributed by atoms with Crippen LogP contribution in [0.2, 0.25) is 0 Å². The van der Waals surface area contributed by atoms with E-state index in [2.05, 4.69) is 39.9 Å². The summed E-state index contributed by atoms with van der Waals surface area (Å²) in [7, 11) is 1.55. The quantitative estimate of drug-likeness (QED) is 0.471. The first-order chi connectivity index (χ1) is 16.2. The highest BCUT2D eigenvalue weighted by molar-refractivity contribution is 5.74. The minimum atomic E-state index is -0.336. The van der Waals surface area contributed by atoms with Crippen LogP contribution in [0, 0.1) is 46.3 Å². The fourth-order valence-corrected chi connectivity index (χ4v) is 9.16. The number of ether oxygens (including phenoxy) is 2. The van der Waals surface area contributed by atoms with Crippen LogP contribution in [-0.2, 0) is 14.3 Å². The van der Waals surface area contributed by atoms with Crippen molar-refractivity contribution in [1.82, 2.24) is 5.32 Å². The minimum Gasteiger partial charge on any atom is -0.469 e. The number of hydrogen-bond donors (Lipinski definition) is 2. The minimum absolute atomic E-state index is 0.00176. The van der Waals surface area contributed by atoms with E-state index in [-0.39, 0.29) is 34.9 Å². The van der Waals surface area contributed by atoms with Crippen molar-refractivity contribution in [3.05, 3.63) is 0 Å². The van der Waals surface area contributed by atoms with Gasteiger partial charge in [0.05, 0.1) is 25.2 Å². The van der Waals surface area contributed by atoms with Gasteiger partial charge in [-0.05, 0) is 105 Å². The highest BCUT2D eigenvalue weighted by atomic mass is 16.5. The predicted octanol–water partition coefficient (Wildman–Crippen LogP) is 5.20. The molecule has 4 aliphatic carbocycles. The molecule has 2 N–H and O–H groups in total. The zero-order valence-electron chi connectivity index (χ0n) is 22.6. The van der Waals surface area contributed by atoms with Crippen LogP contribution in [0.25, 0.3) is 0 Å². The van der Waals surface area contributed by atoms with Crippen molar-refractivity contribution in [1.29, 1.82) is 0 Å². The Morgan fingerprint density at radius 1 is 1.12 bits per heavy atom. The topological polar surface area (TPSA) is 67.8 Å². The van der Waals surface area contributed by atoms with Gasteiger partial charge in [-0.1, -0.05) is 34.6 Å². The number of carbonyl (C=O) groups is 1. The van der Waals surface area contributed by atoms with E-state index >= 15 is 0 Å². The highest BCUT2D eigenvalue weighted by Crippen LogP contribution is 2.67. The lowest BCUT2D eigenvalue weighted by molar-refractivity contribution is -0.183. The Kier molecular flexibility index (Phi) is 8.06. The van der Waals surface area contributed by atoms with E-state index < -0.39 is 0 Å². The SMILES string of the molecule is CCCOC1C[C@@]2(C)C(CC[C@@H]3[C@H]2C(NCCC(C)C)C[C@]2(C)C(C(=O)OC)CC[C@@H]32)CC1O. The summed E-state index contributed by atoms with van der Waals surface area (Å²) in [5.74, 6) is 3.05. The highest BCUT2D eigenvalue weighted by Gasteiger charge is 2.65. The van der Waals surface area contributed by atoms with E-state index in [0.29, 0.717) is 35.6 Å². The van der Waals surface area contributed by atoms with Crippen molar-refractivity contribution in [2.45, 2.75) is 111 Å². The van der Waals surface area contributed by atoms with E-state index in [1.165, 1.54) is 19.3 Å². The Morgan fingerprint density at radius 2 is 1.88 bits per heavy atom. The molecule has 10 atom stereocenters. The lowest BCUT2D eigenvalue weighted by Gasteiger charge is -2.64. The van der Waals surface area contributed by atoms with Crippen molar-refractivity contribution >= 4 is 5.97 Å². The molecule has 0 bridgehead atoms. The average Bonchev–Trinajstić information content (AvgIpc) is 3.13. The van der Waals surface area contributed by atoms with E-state index in [1.807, 2.05) is 0 Å². The standard InChI is InChI=1S/C29H51NO4/c1-7-14-34-25-17-28(4)19(15-24(25)31)8-9-20-21-10-11-22(27(32)33-6)29(21,5)16-23(26(20)28)30-13-12-18(2)3/h18-26,30-31H,7-17H2,1-6H3/t19?,20-,21-,22?,23?,24?,25?,26-,28-,29-/m0/s1. The van der Waals surface area contributed by atoms with Gasteiger partial charge in [-0.3, -0.25) is 4.79 Å². The molecule has 4 saturated carbocycles. The molecule has 5 nitrogen and oxygen atoms in total. The number of aliphatic hydroxyl groups is 1. The molecule has 0 radical (unpaired) electrons. The second-order valence-corrected chi connectivity index (χ2v) is 13.1. The number of carbonyl (C=O) groups excluding carboxylic acids is 1. The number of methoxy groups -OCH3 is 1. The number of nitrogens with one attached hydrogen (secondary N) is 1. The van der Waals surface area contributed by atoms with Crippen LogP contribution in [0.1, 0.15) is 92.4 Å². The van der Waals surface area contributed by atoms with Crippen molar-refractivity contribution in [3.8, 4) is 0 Å². The van der Waals surface area contributed by atoms with Gasteiger partial charge < -0.3 is 19.9 Å².